The quantitative estimate of drug-likeness (QED) is 0.830. The molecule has 1 atom stereocenters. The minimum Gasteiger partial charge on any atom is -0.503 e. The van der Waals surface area contributed by atoms with E-state index in [2.05, 4.69) is 12.2 Å². The number of nitrogens with one attached hydrogen (secondary N) is 1. The Morgan fingerprint density at radius 3 is 2.47 bits per heavy atom. The van der Waals surface area contributed by atoms with Crippen molar-refractivity contribution in [3.8, 4) is 5.75 Å². The van der Waals surface area contributed by atoms with Crippen molar-refractivity contribution in [2.75, 3.05) is 0 Å². The number of hydrogen-bond donors (Lipinski definition) is 2. The molecule has 1 saturated carbocycles. The molecule has 4 heteroatoms. The SMILES string of the molecule is CC(CC1CC1)NCc1cc(F)c(O)c(F)c1. The molecule has 1 aliphatic carbocycles. The van der Waals surface area contributed by atoms with Gasteiger partial charge in [-0.2, -0.15) is 0 Å². The van der Waals surface area contributed by atoms with E-state index in [1.54, 1.807) is 0 Å². The van der Waals surface area contributed by atoms with Gasteiger partial charge < -0.3 is 10.4 Å². The third-order valence-electron chi connectivity index (χ3n) is 3.12. The van der Waals surface area contributed by atoms with E-state index in [9.17, 15) is 8.78 Å². The Bertz CT molecular complexity index is 381. The second-order valence-electron chi connectivity index (χ2n) is 4.87. The fourth-order valence-corrected chi connectivity index (χ4v) is 1.95. The highest BCUT2D eigenvalue weighted by atomic mass is 19.1. The van der Waals surface area contributed by atoms with Crippen LogP contribution >= 0.6 is 0 Å². The van der Waals surface area contributed by atoms with Gasteiger partial charge in [0.05, 0.1) is 0 Å². The molecule has 0 saturated heterocycles. The van der Waals surface area contributed by atoms with E-state index in [1.807, 2.05) is 0 Å². The highest BCUT2D eigenvalue weighted by Crippen LogP contribution is 2.33. The van der Waals surface area contributed by atoms with E-state index in [4.69, 9.17) is 5.11 Å². The summed E-state index contributed by atoms with van der Waals surface area (Å²) in [6.45, 7) is 2.49. The van der Waals surface area contributed by atoms with Crippen molar-refractivity contribution in [1.29, 1.82) is 0 Å². The van der Waals surface area contributed by atoms with Crippen LogP contribution in [0.5, 0.6) is 5.75 Å². The Morgan fingerprint density at radius 2 is 1.94 bits per heavy atom. The Hall–Kier alpha value is -1.16. The lowest BCUT2D eigenvalue weighted by atomic mass is 10.1. The smallest absolute Gasteiger partial charge is 0.187 e. The van der Waals surface area contributed by atoms with E-state index < -0.39 is 17.4 Å². The monoisotopic (exact) mass is 241 g/mol. The summed E-state index contributed by atoms with van der Waals surface area (Å²) in [4.78, 5) is 0. The van der Waals surface area contributed by atoms with Crippen molar-refractivity contribution in [2.45, 2.75) is 38.8 Å². The third kappa shape index (κ3) is 3.40. The summed E-state index contributed by atoms with van der Waals surface area (Å²) in [6.07, 6.45) is 3.71. The largest absolute Gasteiger partial charge is 0.503 e. The average molecular weight is 241 g/mol. The molecule has 1 aromatic rings. The van der Waals surface area contributed by atoms with E-state index in [0.717, 1.165) is 24.5 Å². The topological polar surface area (TPSA) is 32.3 Å². The molecule has 17 heavy (non-hydrogen) atoms. The Morgan fingerprint density at radius 1 is 1.35 bits per heavy atom. The van der Waals surface area contributed by atoms with Crippen LogP contribution in [0.25, 0.3) is 0 Å². The fourth-order valence-electron chi connectivity index (χ4n) is 1.95. The molecular formula is C13H17F2NO. The van der Waals surface area contributed by atoms with E-state index >= 15 is 0 Å². The highest BCUT2D eigenvalue weighted by molar-refractivity contribution is 5.29. The molecule has 0 bridgehead atoms. The van der Waals surface area contributed by atoms with Crippen LogP contribution in [0.1, 0.15) is 31.7 Å². The van der Waals surface area contributed by atoms with Crippen molar-refractivity contribution in [3.63, 3.8) is 0 Å². The lowest BCUT2D eigenvalue weighted by Gasteiger charge is -2.13. The molecule has 0 amide bonds. The number of benzene rings is 1. The maximum atomic E-state index is 13.1. The second-order valence-corrected chi connectivity index (χ2v) is 4.87. The number of aromatic hydroxyl groups is 1. The second kappa shape index (κ2) is 5.00. The van der Waals surface area contributed by atoms with Crippen LogP contribution in [0.3, 0.4) is 0 Å². The molecule has 1 unspecified atom stereocenters. The minimum atomic E-state index is -0.906. The van der Waals surface area contributed by atoms with Gasteiger partial charge in [-0.3, -0.25) is 0 Å². The zero-order valence-corrected chi connectivity index (χ0v) is 9.84. The first-order chi connectivity index (χ1) is 8.06. The van der Waals surface area contributed by atoms with Gasteiger partial charge in [0.15, 0.2) is 17.4 Å². The van der Waals surface area contributed by atoms with Crippen molar-refractivity contribution in [2.24, 2.45) is 5.92 Å². The number of phenols is 1. The molecule has 2 nitrogen and oxygen atoms in total. The highest BCUT2D eigenvalue weighted by Gasteiger charge is 2.23. The zero-order valence-electron chi connectivity index (χ0n) is 9.84. The van der Waals surface area contributed by atoms with Gasteiger partial charge in [0, 0.05) is 12.6 Å². The maximum absolute atomic E-state index is 13.1. The summed E-state index contributed by atoms with van der Waals surface area (Å²) >= 11 is 0. The minimum absolute atomic E-state index is 0.349. The molecule has 0 aliphatic heterocycles. The van der Waals surface area contributed by atoms with Gasteiger partial charge in [0.1, 0.15) is 0 Å². The van der Waals surface area contributed by atoms with Gasteiger partial charge in [-0.15, -0.1) is 0 Å². The van der Waals surface area contributed by atoms with Crippen LogP contribution in [0.4, 0.5) is 8.78 Å². The molecule has 0 heterocycles. The van der Waals surface area contributed by atoms with Crippen LogP contribution in [-0.2, 0) is 6.54 Å². The Labute approximate surface area is 99.7 Å². The number of rotatable bonds is 5. The lowest BCUT2D eigenvalue weighted by Crippen LogP contribution is -2.26. The normalized spacial score (nSPS) is 17.1. The standard InChI is InChI=1S/C13H17F2NO/c1-8(4-9-2-3-9)16-7-10-5-11(14)13(17)12(15)6-10/h5-6,8-9,16-17H,2-4,7H2,1H3. The Kier molecular flexibility index (Phi) is 3.62. The summed E-state index contributed by atoms with van der Waals surface area (Å²) in [7, 11) is 0. The molecule has 0 aromatic heterocycles. The third-order valence-corrected chi connectivity index (χ3v) is 3.12. The Balaban J connectivity index is 1.89. The van der Waals surface area contributed by atoms with Gasteiger partial charge in [-0.25, -0.2) is 8.78 Å². The molecule has 0 spiro atoms. The van der Waals surface area contributed by atoms with E-state index in [1.165, 1.54) is 12.8 Å². The maximum Gasteiger partial charge on any atom is 0.187 e. The molecule has 2 N–H and O–H groups in total. The van der Waals surface area contributed by atoms with Crippen molar-refractivity contribution in [1.82, 2.24) is 5.32 Å². The number of halogens is 2. The van der Waals surface area contributed by atoms with E-state index in [-0.39, 0.29) is 0 Å². The molecule has 1 fully saturated rings. The molecule has 94 valence electrons. The van der Waals surface area contributed by atoms with Crippen molar-refractivity contribution in [3.05, 3.63) is 29.3 Å². The van der Waals surface area contributed by atoms with Gasteiger partial charge in [0.2, 0.25) is 0 Å². The predicted octanol–water partition coefficient (Wildman–Crippen LogP) is 2.95. The average Bonchev–Trinajstić information content (AvgIpc) is 3.06. The summed E-state index contributed by atoms with van der Waals surface area (Å²) < 4.78 is 26.1. The van der Waals surface area contributed by atoms with Crippen molar-refractivity contribution < 1.29 is 13.9 Å². The lowest BCUT2D eigenvalue weighted by molar-refractivity contribution is 0.394. The number of hydrogen-bond acceptors (Lipinski definition) is 2. The summed E-state index contributed by atoms with van der Waals surface area (Å²) in [5.74, 6) is -1.89. The van der Waals surface area contributed by atoms with Gasteiger partial charge in [-0.05, 0) is 37.0 Å². The molecule has 2 rings (SSSR count). The van der Waals surface area contributed by atoms with Crippen LogP contribution in [0, 0.1) is 17.6 Å². The van der Waals surface area contributed by atoms with Gasteiger partial charge in [-0.1, -0.05) is 12.8 Å². The van der Waals surface area contributed by atoms with E-state index in [0.29, 0.717) is 18.2 Å². The first kappa shape index (κ1) is 12.3. The summed E-state index contributed by atoms with van der Waals surface area (Å²) in [6, 6.07) is 2.67. The first-order valence-electron chi connectivity index (χ1n) is 5.96. The summed E-state index contributed by atoms with van der Waals surface area (Å²) in [5, 5.41) is 12.2. The van der Waals surface area contributed by atoms with Crippen LogP contribution in [0.15, 0.2) is 12.1 Å². The van der Waals surface area contributed by atoms with Crippen molar-refractivity contribution >= 4 is 0 Å². The molecule has 1 aliphatic rings. The number of phenolic OH excluding ortho intramolecular Hbond substituents is 1. The molecular weight excluding hydrogens is 224 g/mol. The van der Waals surface area contributed by atoms with Gasteiger partial charge >= 0.3 is 0 Å². The fraction of sp³-hybridized carbons (Fsp3) is 0.538. The van der Waals surface area contributed by atoms with Crippen LogP contribution < -0.4 is 5.32 Å². The van der Waals surface area contributed by atoms with Crippen LogP contribution in [-0.4, -0.2) is 11.1 Å². The zero-order chi connectivity index (χ0) is 12.4. The first-order valence-corrected chi connectivity index (χ1v) is 5.96. The molecule has 0 radical (unpaired) electrons. The van der Waals surface area contributed by atoms with Crippen LogP contribution in [0.2, 0.25) is 0 Å². The summed E-state index contributed by atoms with van der Waals surface area (Å²) in [5.41, 5.74) is 0.514. The molecule has 1 aromatic carbocycles. The predicted molar refractivity (Wildman–Crippen MR) is 61.7 cm³/mol. The van der Waals surface area contributed by atoms with Gasteiger partial charge in [0.25, 0.3) is 0 Å².